The second-order valence-electron chi connectivity index (χ2n) is 6.47. The van der Waals surface area contributed by atoms with Gasteiger partial charge in [0.15, 0.2) is 0 Å². The lowest BCUT2D eigenvalue weighted by atomic mass is 9.95. The summed E-state index contributed by atoms with van der Waals surface area (Å²) in [5, 5.41) is 6.97. The standard InChI is InChI=1S/C13H22BrN3O2/c1-12(2,3)16-11(18)19-9-13(4,5)8-17-7-10(14)6-15-17/h6-7H,8-9H2,1-5H3,(H,16,18). The molecule has 6 heteroatoms. The van der Waals surface area contributed by atoms with Crippen LogP contribution in [0.2, 0.25) is 0 Å². The molecule has 1 aromatic rings. The van der Waals surface area contributed by atoms with Gasteiger partial charge in [0.25, 0.3) is 0 Å². The molecule has 0 bridgehead atoms. The van der Waals surface area contributed by atoms with Gasteiger partial charge in [0.2, 0.25) is 0 Å². The Morgan fingerprint density at radius 1 is 1.42 bits per heavy atom. The lowest BCUT2D eigenvalue weighted by Crippen LogP contribution is -2.42. The third kappa shape index (κ3) is 6.61. The molecule has 0 aromatic carbocycles. The van der Waals surface area contributed by atoms with E-state index in [1.165, 1.54) is 0 Å². The molecule has 0 saturated heterocycles. The molecule has 0 atom stereocenters. The van der Waals surface area contributed by atoms with E-state index in [1.807, 2.05) is 45.5 Å². The Morgan fingerprint density at radius 3 is 2.53 bits per heavy atom. The van der Waals surface area contributed by atoms with Crippen LogP contribution in [-0.4, -0.2) is 28.0 Å². The molecule has 0 aliphatic rings. The van der Waals surface area contributed by atoms with E-state index in [0.29, 0.717) is 13.2 Å². The summed E-state index contributed by atoms with van der Waals surface area (Å²) in [6.07, 6.45) is 3.25. The van der Waals surface area contributed by atoms with Gasteiger partial charge >= 0.3 is 6.09 Å². The highest BCUT2D eigenvalue weighted by atomic mass is 79.9. The molecule has 0 unspecified atom stereocenters. The number of hydrogen-bond acceptors (Lipinski definition) is 3. The number of nitrogens with one attached hydrogen (secondary N) is 1. The number of rotatable bonds is 4. The van der Waals surface area contributed by atoms with E-state index in [2.05, 4.69) is 26.3 Å². The van der Waals surface area contributed by atoms with Gasteiger partial charge in [-0.1, -0.05) is 13.8 Å². The van der Waals surface area contributed by atoms with Crippen molar-refractivity contribution in [1.82, 2.24) is 15.1 Å². The van der Waals surface area contributed by atoms with Crippen molar-refractivity contribution in [3.63, 3.8) is 0 Å². The Labute approximate surface area is 122 Å². The number of halogens is 1. The molecule has 0 aliphatic carbocycles. The number of ether oxygens (including phenoxy) is 1. The summed E-state index contributed by atoms with van der Waals surface area (Å²) >= 11 is 3.36. The zero-order valence-corrected chi connectivity index (χ0v) is 13.7. The van der Waals surface area contributed by atoms with Crippen LogP contribution >= 0.6 is 15.9 Å². The van der Waals surface area contributed by atoms with Crippen LogP contribution in [0.1, 0.15) is 34.6 Å². The summed E-state index contributed by atoms with van der Waals surface area (Å²) in [5.74, 6) is 0. The minimum atomic E-state index is -0.387. The minimum Gasteiger partial charge on any atom is -0.449 e. The predicted octanol–water partition coefficient (Wildman–Crippen LogP) is 3.20. The van der Waals surface area contributed by atoms with Crippen LogP contribution in [0.3, 0.4) is 0 Å². The van der Waals surface area contributed by atoms with Crippen molar-refractivity contribution in [3.05, 3.63) is 16.9 Å². The molecule has 0 radical (unpaired) electrons. The minimum absolute atomic E-state index is 0.180. The van der Waals surface area contributed by atoms with Gasteiger partial charge in [0.05, 0.1) is 10.7 Å². The lowest BCUT2D eigenvalue weighted by Gasteiger charge is -2.26. The average Bonchev–Trinajstić information content (AvgIpc) is 2.58. The maximum absolute atomic E-state index is 11.6. The smallest absolute Gasteiger partial charge is 0.407 e. The first-order chi connectivity index (χ1) is 8.57. The fraction of sp³-hybridized carbons (Fsp3) is 0.692. The maximum Gasteiger partial charge on any atom is 0.407 e. The van der Waals surface area contributed by atoms with Gasteiger partial charge in [-0.2, -0.15) is 5.10 Å². The van der Waals surface area contributed by atoms with Crippen molar-refractivity contribution >= 4 is 22.0 Å². The third-order valence-electron chi connectivity index (χ3n) is 2.26. The van der Waals surface area contributed by atoms with Crippen LogP contribution in [0.25, 0.3) is 0 Å². The molecule has 0 spiro atoms. The summed E-state index contributed by atoms with van der Waals surface area (Å²) in [5.41, 5.74) is -0.464. The number of amides is 1. The summed E-state index contributed by atoms with van der Waals surface area (Å²) < 4.78 is 8.03. The summed E-state index contributed by atoms with van der Waals surface area (Å²) in [4.78, 5) is 11.6. The summed E-state index contributed by atoms with van der Waals surface area (Å²) in [6, 6.07) is 0. The second-order valence-corrected chi connectivity index (χ2v) is 7.39. The average molecular weight is 332 g/mol. The highest BCUT2D eigenvalue weighted by Crippen LogP contribution is 2.19. The van der Waals surface area contributed by atoms with Crippen molar-refractivity contribution in [2.24, 2.45) is 5.41 Å². The van der Waals surface area contributed by atoms with Gasteiger partial charge in [0, 0.05) is 23.7 Å². The number of alkyl carbamates (subject to hydrolysis) is 1. The van der Waals surface area contributed by atoms with Crippen LogP contribution in [0.5, 0.6) is 0 Å². The van der Waals surface area contributed by atoms with Crippen LogP contribution in [-0.2, 0) is 11.3 Å². The van der Waals surface area contributed by atoms with Crippen LogP contribution in [0, 0.1) is 5.41 Å². The van der Waals surface area contributed by atoms with Crippen molar-refractivity contribution in [2.75, 3.05) is 6.61 Å². The highest BCUT2D eigenvalue weighted by molar-refractivity contribution is 9.10. The van der Waals surface area contributed by atoms with E-state index in [0.717, 1.165) is 4.47 Å². The molecule has 1 amide bonds. The fourth-order valence-corrected chi connectivity index (χ4v) is 1.84. The van der Waals surface area contributed by atoms with E-state index in [-0.39, 0.29) is 17.0 Å². The maximum atomic E-state index is 11.6. The Bertz CT molecular complexity index is 435. The van der Waals surface area contributed by atoms with Crippen molar-refractivity contribution in [3.8, 4) is 0 Å². The Morgan fingerprint density at radius 2 is 2.05 bits per heavy atom. The van der Waals surface area contributed by atoms with E-state index in [4.69, 9.17) is 4.74 Å². The van der Waals surface area contributed by atoms with E-state index in [1.54, 1.807) is 6.20 Å². The van der Waals surface area contributed by atoms with Gasteiger partial charge in [0.1, 0.15) is 6.61 Å². The Balaban J connectivity index is 2.44. The zero-order valence-electron chi connectivity index (χ0n) is 12.2. The number of nitrogens with zero attached hydrogens (tertiary/aromatic N) is 2. The van der Waals surface area contributed by atoms with E-state index in [9.17, 15) is 4.79 Å². The Hall–Kier alpha value is -1.04. The van der Waals surface area contributed by atoms with Crippen LogP contribution in [0.4, 0.5) is 4.79 Å². The topological polar surface area (TPSA) is 56.1 Å². The molecular weight excluding hydrogens is 310 g/mol. The van der Waals surface area contributed by atoms with Gasteiger partial charge in [-0.05, 0) is 36.7 Å². The van der Waals surface area contributed by atoms with Crippen molar-refractivity contribution < 1.29 is 9.53 Å². The van der Waals surface area contributed by atoms with Gasteiger partial charge < -0.3 is 10.1 Å². The number of hydrogen-bond donors (Lipinski definition) is 1. The number of aromatic nitrogens is 2. The monoisotopic (exact) mass is 331 g/mol. The molecule has 19 heavy (non-hydrogen) atoms. The first-order valence-corrected chi connectivity index (χ1v) is 7.00. The van der Waals surface area contributed by atoms with E-state index < -0.39 is 0 Å². The molecular formula is C13H22BrN3O2. The molecule has 1 heterocycles. The lowest BCUT2D eigenvalue weighted by molar-refractivity contribution is 0.0830. The third-order valence-corrected chi connectivity index (χ3v) is 2.67. The van der Waals surface area contributed by atoms with Gasteiger partial charge in [-0.15, -0.1) is 0 Å². The first-order valence-electron chi connectivity index (χ1n) is 6.20. The molecule has 5 nitrogen and oxygen atoms in total. The molecule has 0 aliphatic heterocycles. The molecule has 1 rings (SSSR count). The second kappa shape index (κ2) is 5.94. The van der Waals surface area contributed by atoms with Crippen molar-refractivity contribution in [2.45, 2.75) is 46.7 Å². The molecule has 1 aromatic heterocycles. The van der Waals surface area contributed by atoms with E-state index >= 15 is 0 Å². The zero-order chi connectivity index (χ0) is 14.7. The predicted molar refractivity (Wildman–Crippen MR) is 77.9 cm³/mol. The van der Waals surface area contributed by atoms with Gasteiger partial charge in [-0.25, -0.2) is 4.79 Å². The molecule has 0 fully saturated rings. The van der Waals surface area contributed by atoms with Crippen LogP contribution in [0.15, 0.2) is 16.9 Å². The van der Waals surface area contributed by atoms with Crippen LogP contribution < -0.4 is 5.32 Å². The largest absolute Gasteiger partial charge is 0.449 e. The molecule has 0 saturated carbocycles. The molecule has 1 N–H and O–H groups in total. The first kappa shape index (κ1) is 16.0. The number of carbonyl (C=O) groups excluding carboxylic acids is 1. The summed E-state index contributed by atoms with van der Waals surface area (Å²) in [6.45, 7) is 10.8. The van der Waals surface area contributed by atoms with Crippen molar-refractivity contribution in [1.29, 1.82) is 0 Å². The normalized spacial score (nSPS) is 12.3. The Kier molecular flexibility index (Phi) is 5.01. The number of carbonyl (C=O) groups is 1. The fourth-order valence-electron chi connectivity index (χ4n) is 1.51. The summed E-state index contributed by atoms with van der Waals surface area (Å²) in [7, 11) is 0. The van der Waals surface area contributed by atoms with Gasteiger partial charge in [-0.3, -0.25) is 4.68 Å². The molecule has 108 valence electrons. The quantitative estimate of drug-likeness (QED) is 0.921. The highest BCUT2D eigenvalue weighted by Gasteiger charge is 2.23. The SMILES string of the molecule is CC(C)(COC(=O)NC(C)(C)C)Cn1cc(Br)cn1.